The summed E-state index contributed by atoms with van der Waals surface area (Å²) in [4.78, 5) is 12.2. The van der Waals surface area contributed by atoms with Gasteiger partial charge in [0.25, 0.3) is 0 Å². The number of hydrogen-bond donors (Lipinski definition) is 3. The van der Waals surface area contributed by atoms with Crippen LogP contribution in [-0.4, -0.2) is 35.1 Å². The first-order valence-electron chi connectivity index (χ1n) is 7.04. The molecule has 0 fully saturated rings. The summed E-state index contributed by atoms with van der Waals surface area (Å²) in [7, 11) is 0. The molecule has 0 aliphatic rings. The summed E-state index contributed by atoms with van der Waals surface area (Å²) in [5, 5.41) is 21.3. The Labute approximate surface area is 124 Å². The van der Waals surface area contributed by atoms with Crippen molar-refractivity contribution >= 4 is 23.4 Å². The van der Waals surface area contributed by atoms with Crippen LogP contribution in [0.3, 0.4) is 0 Å². The fourth-order valence-corrected chi connectivity index (χ4v) is 2.82. The normalized spacial score (nSPS) is 10.5. The molecule has 0 aliphatic carbocycles. The molecule has 112 valence electrons. The molecule has 1 aromatic rings. The van der Waals surface area contributed by atoms with Gasteiger partial charge in [-0.1, -0.05) is 25.8 Å². The number of aromatic carboxylic acids is 1. The first-order chi connectivity index (χ1) is 9.70. The van der Waals surface area contributed by atoms with Crippen LogP contribution < -0.4 is 5.32 Å². The molecule has 5 heteroatoms. The van der Waals surface area contributed by atoms with Crippen LogP contribution in [0.2, 0.25) is 0 Å². The molecule has 0 aromatic heterocycles. The first kappa shape index (κ1) is 16.9. The number of rotatable bonds is 10. The van der Waals surface area contributed by atoms with Crippen molar-refractivity contribution in [2.24, 2.45) is 0 Å². The molecule has 20 heavy (non-hydrogen) atoms. The van der Waals surface area contributed by atoms with E-state index in [0.717, 1.165) is 42.9 Å². The van der Waals surface area contributed by atoms with Gasteiger partial charge < -0.3 is 15.5 Å². The summed E-state index contributed by atoms with van der Waals surface area (Å²) >= 11 is 1.55. The summed E-state index contributed by atoms with van der Waals surface area (Å²) < 4.78 is 0. The lowest BCUT2D eigenvalue weighted by Gasteiger charge is -2.12. The molecule has 0 spiro atoms. The molecule has 0 unspecified atom stereocenters. The number of aliphatic hydroxyl groups is 1. The Morgan fingerprint density at radius 2 is 2.00 bits per heavy atom. The van der Waals surface area contributed by atoms with Gasteiger partial charge in [-0.15, -0.1) is 11.8 Å². The maximum atomic E-state index is 11.4. The Kier molecular flexibility index (Phi) is 8.14. The van der Waals surface area contributed by atoms with E-state index in [2.05, 4.69) is 5.32 Å². The summed E-state index contributed by atoms with van der Waals surface area (Å²) in [5.74, 6) is -0.0328. The van der Waals surface area contributed by atoms with Crippen LogP contribution in [0.25, 0.3) is 0 Å². The number of thioether (sulfide) groups is 1. The van der Waals surface area contributed by atoms with E-state index in [1.165, 1.54) is 0 Å². The van der Waals surface area contributed by atoms with Crippen molar-refractivity contribution < 1.29 is 15.0 Å². The average Bonchev–Trinajstić information content (AvgIpc) is 2.43. The highest BCUT2D eigenvalue weighted by molar-refractivity contribution is 7.99. The lowest BCUT2D eigenvalue weighted by molar-refractivity contribution is 0.0694. The van der Waals surface area contributed by atoms with Crippen molar-refractivity contribution in [2.75, 3.05) is 24.2 Å². The van der Waals surface area contributed by atoms with Crippen LogP contribution in [0.15, 0.2) is 23.1 Å². The molecule has 0 heterocycles. The predicted molar refractivity (Wildman–Crippen MR) is 83.8 cm³/mol. The fourth-order valence-electron chi connectivity index (χ4n) is 1.99. The van der Waals surface area contributed by atoms with Gasteiger partial charge >= 0.3 is 5.97 Å². The average molecular weight is 297 g/mol. The zero-order valence-corrected chi connectivity index (χ0v) is 12.7. The van der Waals surface area contributed by atoms with E-state index in [-0.39, 0.29) is 6.61 Å². The lowest BCUT2D eigenvalue weighted by atomic mass is 10.1. The highest BCUT2D eigenvalue weighted by atomic mass is 32.2. The van der Waals surface area contributed by atoms with E-state index in [0.29, 0.717) is 11.3 Å². The highest BCUT2D eigenvalue weighted by Crippen LogP contribution is 2.28. The Hall–Kier alpha value is -1.20. The molecule has 0 amide bonds. The number of carboxylic acids is 1. The number of aliphatic hydroxyl groups excluding tert-OH is 1. The van der Waals surface area contributed by atoms with Crippen LogP contribution >= 0.6 is 11.8 Å². The minimum atomic E-state index is -0.885. The molecule has 1 aromatic carbocycles. The molecule has 0 radical (unpaired) electrons. The number of hydrogen-bond acceptors (Lipinski definition) is 4. The minimum absolute atomic E-state index is 0.243. The van der Waals surface area contributed by atoms with E-state index < -0.39 is 5.97 Å². The van der Waals surface area contributed by atoms with E-state index >= 15 is 0 Å². The maximum absolute atomic E-state index is 11.4. The van der Waals surface area contributed by atoms with Gasteiger partial charge in [0, 0.05) is 23.7 Å². The Balaban J connectivity index is 2.60. The zero-order valence-electron chi connectivity index (χ0n) is 11.9. The van der Waals surface area contributed by atoms with Gasteiger partial charge in [-0.05, 0) is 30.7 Å². The van der Waals surface area contributed by atoms with Crippen LogP contribution in [0, 0.1) is 0 Å². The standard InChI is InChI=1S/C15H23NO3S/c1-2-20-13-9-7-8-12(14(13)15(18)19)16-10-5-3-4-6-11-17/h7-9,16-17H,2-6,10-11H2,1H3,(H,18,19). The van der Waals surface area contributed by atoms with Gasteiger partial charge in [0.1, 0.15) is 0 Å². The van der Waals surface area contributed by atoms with Gasteiger partial charge in [-0.2, -0.15) is 0 Å². The highest BCUT2D eigenvalue weighted by Gasteiger charge is 2.14. The Morgan fingerprint density at radius 1 is 1.25 bits per heavy atom. The second-order valence-electron chi connectivity index (χ2n) is 4.48. The molecule has 0 saturated heterocycles. The van der Waals surface area contributed by atoms with Gasteiger partial charge in [0.2, 0.25) is 0 Å². The summed E-state index contributed by atoms with van der Waals surface area (Å²) in [6, 6.07) is 5.56. The van der Waals surface area contributed by atoms with Gasteiger partial charge in [0.15, 0.2) is 0 Å². The predicted octanol–water partition coefficient (Wildman–Crippen LogP) is 3.46. The molecular formula is C15H23NO3S. The molecule has 0 atom stereocenters. The SMILES string of the molecule is CCSc1cccc(NCCCCCCO)c1C(=O)O. The Bertz CT molecular complexity index is 424. The van der Waals surface area contributed by atoms with Crippen molar-refractivity contribution in [3.63, 3.8) is 0 Å². The van der Waals surface area contributed by atoms with Crippen LogP contribution in [0.5, 0.6) is 0 Å². The molecule has 0 bridgehead atoms. The van der Waals surface area contributed by atoms with Crippen molar-refractivity contribution in [1.82, 2.24) is 0 Å². The number of unbranched alkanes of at least 4 members (excludes halogenated alkanes) is 3. The second kappa shape index (κ2) is 9.66. The van der Waals surface area contributed by atoms with Gasteiger partial charge in [0.05, 0.1) is 5.56 Å². The quantitative estimate of drug-likeness (QED) is 0.456. The monoisotopic (exact) mass is 297 g/mol. The smallest absolute Gasteiger partial charge is 0.338 e. The third-order valence-corrected chi connectivity index (χ3v) is 3.88. The topological polar surface area (TPSA) is 69.6 Å². The third-order valence-electron chi connectivity index (χ3n) is 2.94. The summed E-state index contributed by atoms with van der Waals surface area (Å²) in [5.41, 5.74) is 1.06. The summed E-state index contributed by atoms with van der Waals surface area (Å²) in [6.07, 6.45) is 3.86. The van der Waals surface area contributed by atoms with Gasteiger partial charge in [-0.3, -0.25) is 0 Å². The fraction of sp³-hybridized carbons (Fsp3) is 0.533. The molecular weight excluding hydrogens is 274 g/mol. The number of anilines is 1. The molecule has 3 N–H and O–H groups in total. The number of carboxylic acid groups (broad SMARTS) is 1. The molecule has 0 saturated carbocycles. The van der Waals surface area contributed by atoms with Crippen LogP contribution in [0.4, 0.5) is 5.69 Å². The summed E-state index contributed by atoms with van der Waals surface area (Å²) in [6.45, 7) is 3.01. The van der Waals surface area contributed by atoms with E-state index in [9.17, 15) is 9.90 Å². The molecule has 0 aliphatic heterocycles. The largest absolute Gasteiger partial charge is 0.478 e. The number of benzene rings is 1. The van der Waals surface area contributed by atoms with Crippen molar-refractivity contribution in [2.45, 2.75) is 37.5 Å². The number of nitrogens with one attached hydrogen (secondary N) is 1. The van der Waals surface area contributed by atoms with Crippen molar-refractivity contribution in [1.29, 1.82) is 0 Å². The minimum Gasteiger partial charge on any atom is -0.478 e. The zero-order chi connectivity index (χ0) is 14.8. The maximum Gasteiger partial charge on any atom is 0.338 e. The van der Waals surface area contributed by atoms with Crippen LogP contribution in [0.1, 0.15) is 43.0 Å². The van der Waals surface area contributed by atoms with Crippen molar-refractivity contribution in [3.05, 3.63) is 23.8 Å². The lowest BCUT2D eigenvalue weighted by Crippen LogP contribution is -2.09. The van der Waals surface area contributed by atoms with Gasteiger partial charge in [-0.25, -0.2) is 4.79 Å². The number of carbonyl (C=O) groups is 1. The van der Waals surface area contributed by atoms with Crippen molar-refractivity contribution in [3.8, 4) is 0 Å². The van der Waals surface area contributed by atoms with E-state index in [1.54, 1.807) is 11.8 Å². The molecule has 4 nitrogen and oxygen atoms in total. The van der Waals surface area contributed by atoms with Crippen LogP contribution in [-0.2, 0) is 0 Å². The second-order valence-corrected chi connectivity index (χ2v) is 5.79. The van der Waals surface area contributed by atoms with E-state index in [1.807, 2.05) is 25.1 Å². The third kappa shape index (κ3) is 5.43. The molecule has 1 rings (SSSR count). The first-order valence-corrected chi connectivity index (χ1v) is 8.03. The Morgan fingerprint density at radius 3 is 2.65 bits per heavy atom. The van der Waals surface area contributed by atoms with E-state index in [4.69, 9.17) is 5.11 Å².